The summed E-state index contributed by atoms with van der Waals surface area (Å²) in [7, 11) is 0. The SMILES string of the molecule is CCCC1CC1NC(=NCC)NC(C)c1ccccc1. The average molecular weight is 273 g/mol. The van der Waals surface area contributed by atoms with Gasteiger partial charge in [0.25, 0.3) is 0 Å². The van der Waals surface area contributed by atoms with Crippen LogP contribution in [0.15, 0.2) is 35.3 Å². The number of nitrogens with one attached hydrogen (secondary N) is 2. The molecule has 1 aliphatic rings. The second kappa shape index (κ2) is 7.32. The second-order valence-electron chi connectivity index (χ2n) is 5.63. The Kier molecular flexibility index (Phi) is 5.45. The summed E-state index contributed by atoms with van der Waals surface area (Å²) in [5.41, 5.74) is 1.29. The van der Waals surface area contributed by atoms with Crippen molar-refractivity contribution in [3.8, 4) is 0 Å². The van der Waals surface area contributed by atoms with Crippen molar-refractivity contribution in [1.29, 1.82) is 0 Å². The van der Waals surface area contributed by atoms with Gasteiger partial charge in [0.2, 0.25) is 0 Å². The molecule has 1 fully saturated rings. The van der Waals surface area contributed by atoms with Crippen LogP contribution in [-0.2, 0) is 0 Å². The van der Waals surface area contributed by atoms with E-state index in [1.54, 1.807) is 0 Å². The van der Waals surface area contributed by atoms with Gasteiger partial charge in [-0.15, -0.1) is 0 Å². The topological polar surface area (TPSA) is 36.4 Å². The summed E-state index contributed by atoms with van der Waals surface area (Å²) < 4.78 is 0. The van der Waals surface area contributed by atoms with Gasteiger partial charge in [-0.05, 0) is 38.2 Å². The van der Waals surface area contributed by atoms with Gasteiger partial charge in [0.1, 0.15) is 0 Å². The molecule has 1 saturated carbocycles. The number of rotatable bonds is 6. The van der Waals surface area contributed by atoms with Crippen molar-refractivity contribution >= 4 is 5.96 Å². The summed E-state index contributed by atoms with van der Waals surface area (Å²) in [4.78, 5) is 4.56. The fourth-order valence-corrected chi connectivity index (χ4v) is 2.61. The summed E-state index contributed by atoms with van der Waals surface area (Å²) in [6.45, 7) is 7.32. The molecular weight excluding hydrogens is 246 g/mol. The van der Waals surface area contributed by atoms with Gasteiger partial charge >= 0.3 is 0 Å². The van der Waals surface area contributed by atoms with Crippen LogP contribution < -0.4 is 10.6 Å². The first-order valence-corrected chi connectivity index (χ1v) is 7.87. The van der Waals surface area contributed by atoms with E-state index in [1.165, 1.54) is 24.8 Å². The Morgan fingerprint density at radius 2 is 2.05 bits per heavy atom. The van der Waals surface area contributed by atoms with Crippen LogP contribution >= 0.6 is 0 Å². The minimum Gasteiger partial charge on any atom is -0.353 e. The van der Waals surface area contributed by atoms with E-state index >= 15 is 0 Å². The van der Waals surface area contributed by atoms with Crippen LogP contribution in [0, 0.1) is 5.92 Å². The highest BCUT2D eigenvalue weighted by Crippen LogP contribution is 2.34. The maximum absolute atomic E-state index is 4.56. The first-order valence-electron chi connectivity index (χ1n) is 7.87. The Labute approximate surface area is 122 Å². The van der Waals surface area contributed by atoms with Gasteiger partial charge in [0.05, 0.1) is 6.04 Å². The van der Waals surface area contributed by atoms with Crippen LogP contribution in [0.1, 0.15) is 51.6 Å². The Hall–Kier alpha value is -1.51. The Balaban J connectivity index is 1.88. The third kappa shape index (κ3) is 4.26. The monoisotopic (exact) mass is 273 g/mol. The lowest BCUT2D eigenvalue weighted by molar-refractivity contribution is 0.638. The number of nitrogens with zero attached hydrogens (tertiary/aromatic N) is 1. The molecule has 0 saturated heterocycles. The second-order valence-corrected chi connectivity index (χ2v) is 5.63. The lowest BCUT2D eigenvalue weighted by Gasteiger charge is -2.18. The van der Waals surface area contributed by atoms with Crippen molar-refractivity contribution in [1.82, 2.24) is 10.6 Å². The van der Waals surface area contributed by atoms with E-state index in [0.29, 0.717) is 6.04 Å². The first kappa shape index (κ1) is 14.9. The number of hydrogen-bond acceptors (Lipinski definition) is 1. The fraction of sp³-hybridized carbons (Fsp3) is 0.588. The minimum atomic E-state index is 0.275. The smallest absolute Gasteiger partial charge is 0.191 e. The minimum absolute atomic E-state index is 0.275. The summed E-state index contributed by atoms with van der Waals surface area (Å²) >= 11 is 0. The Morgan fingerprint density at radius 1 is 1.30 bits per heavy atom. The Bertz CT molecular complexity index is 427. The van der Waals surface area contributed by atoms with Crippen LogP contribution in [0.2, 0.25) is 0 Å². The van der Waals surface area contributed by atoms with Gasteiger partial charge in [0.15, 0.2) is 5.96 Å². The zero-order valence-electron chi connectivity index (χ0n) is 12.9. The molecule has 2 N–H and O–H groups in total. The maximum atomic E-state index is 4.56. The number of guanidine groups is 1. The molecule has 1 aliphatic carbocycles. The molecule has 3 atom stereocenters. The highest BCUT2D eigenvalue weighted by atomic mass is 15.2. The van der Waals surface area contributed by atoms with Crippen molar-refractivity contribution in [3.05, 3.63) is 35.9 Å². The highest BCUT2D eigenvalue weighted by Gasteiger charge is 2.36. The molecule has 20 heavy (non-hydrogen) atoms. The molecule has 110 valence electrons. The first-order chi connectivity index (χ1) is 9.74. The van der Waals surface area contributed by atoms with E-state index in [2.05, 4.69) is 66.7 Å². The van der Waals surface area contributed by atoms with Gasteiger partial charge in [-0.1, -0.05) is 43.7 Å². The molecule has 1 aromatic rings. The molecule has 2 rings (SSSR count). The van der Waals surface area contributed by atoms with Crippen LogP contribution in [0.4, 0.5) is 0 Å². The standard InChI is InChI=1S/C17H27N3/c1-4-9-15-12-16(15)20-17(18-5-2)19-13(3)14-10-7-6-8-11-14/h6-8,10-11,13,15-16H,4-5,9,12H2,1-3H3,(H2,18,19,20). The fourth-order valence-electron chi connectivity index (χ4n) is 2.61. The largest absolute Gasteiger partial charge is 0.353 e. The van der Waals surface area contributed by atoms with Gasteiger partial charge in [-0.25, -0.2) is 0 Å². The molecule has 3 nitrogen and oxygen atoms in total. The molecule has 0 radical (unpaired) electrons. The highest BCUT2D eigenvalue weighted by molar-refractivity contribution is 5.80. The van der Waals surface area contributed by atoms with Crippen molar-refractivity contribution in [2.24, 2.45) is 10.9 Å². The lowest BCUT2D eigenvalue weighted by Crippen LogP contribution is -2.40. The third-order valence-electron chi connectivity index (χ3n) is 3.87. The van der Waals surface area contributed by atoms with E-state index < -0.39 is 0 Å². The van der Waals surface area contributed by atoms with Gasteiger partial charge in [-0.2, -0.15) is 0 Å². The molecular formula is C17H27N3. The van der Waals surface area contributed by atoms with Gasteiger partial charge in [-0.3, -0.25) is 4.99 Å². The van der Waals surface area contributed by atoms with Gasteiger partial charge < -0.3 is 10.6 Å². The predicted molar refractivity (Wildman–Crippen MR) is 85.9 cm³/mol. The van der Waals surface area contributed by atoms with Crippen LogP contribution in [0.3, 0.4) is 0 Å². The lowest BCUT2D eigenvalue weighted by atomic mass is 10.1. The van der Waals surface area contributed by atoms with Crippen molar-refractivity contribution in [2.45, 2.75) is 52.1 Å². The molecule has 3 heteroatoms. The van der Waals surface area contributed by atoms with E-state index in [0.717, 1.165) is 18.4 Å². The van der Waals surface area contributed by atoms with Crippen LogP contribution in [-0.4, -0.2) is 18.5 Å². The summed E-state index contributed by atoms with van der Waals surface area (Å²) in [5, 5.41) is 7.07. The molecule has 0 aliphatic heterocycles. The van der Waals surface area contributed by atoms with Crippen molar-refractivity contribution in [2.75, 3.05) is 6.54 Å². The molecule has 0 spiro atoms. The molecule has 0 heterocycles. The number of benzene rings is 1. The average Bonchev–Trinajstić information content (AvgIpc) is 3.18. The van der Waals surface area contributed by atoms with Crippen molar-refractivity contribution in [3.63, 3.8) is 0 Å². The van der Waals surface area contributed by atoms with E-state index in [9.17, 15) is 0 Å². The zero-order valence-corrected chi connectivity index (χ0v) is 12.9. The summed E-state index contributed by atoms with van der Waals surface area (Å²) in [5.74, 6) is 1.79. The normalized spacial score (nSPS) is 23.2. The van der Waals surface area contributed by atoms with Gasteiger partial charge in [0, 0.05) is 12.6 Å². The van der Waals surface area contributed by atoms with E-state index in [4.69, 9.17) is 0 Å². The summed E-state index contributed by atoms with van der Waals surface area (Å²) in [6.07, 6.45) is 3.89. The zero-order chi connectivity index (χ0) is 14.4. The van der Waals surface area contributed by atoms with Crippen molar-refractivity contribution < 1.29 is 0 Å². The van der Waals surface area contributed by atoms with Crippen LogP contribution in [0.25, 0.3) is 0 Å². The Morgan fingerprint density at radius 3 is 2.70 bits per heavy atom. The quantitative estimate of drug-likeness (QED) is 0.615. The number of aliphatic imine (C=N–C) groups is 1. The van der Waals surface area contributed by atoms with Crippen LogP contribution in [0.5, 0.6) is 0 Å². The molecule has 0 aromatic heterocycles. The maximum Gasteiger partial charge on any atom is 0.191 e. The molecule has 0 bridgehead atoms. The third-order valence-corrected chi connectivity index (χ3v) is 3.87. The summed E-state index contributed by atoms with van der Waals surface area (Å²) in [6, 6.07) is 11.4. The van der Waals surface area contributed by atoms with E-state index in [1.807, 2.05) is 0 Å². The predicted octanol–water partition coefficient (Wildman–Crippen LogP) is 3.49. The van der Waals surface area contributed by atoms with E-state index in [-0.39, 0.29) is 6.04 Å². The number of hydrogen-bond donors (Lipinski definition) is 2. The molecule has 1 aromatic carbocycles. The molecule has 3 unspecified atom stereocenters. The molecule has 0 amide bonds.